The lowest BCUT2D eigenvalue weighted by molar-refractivity contribution is 0.620. The Morgan fingerprint density at radius 2 is 0.842 bits per heavy atom. The highest BCUT2D eigenvalue weighted by Crippen LogP contribution is 2.41. The number of anilines is 3. The van der Waals surface area contributed by atoms with Crippen LogP contribution in [0.2, 0.25) is 0 Å². The quantitative estimate of drug-likeness (QED) is 0.164. The van der Waals surface area contributed by atoms with Crippen molar-refractivity contribution in [3.8, 4) is 39.4 Å². The molecule has 0 aliphatic heterocycles. The van der Waals surface area contributed by atoms with Crippen LogP contribution in [0.4, 0.5) is 17.1 Å². The van der Waals surface area contributed by atoms with E-state index in [0.717, 1.165) is 61.3 Å². The van der Waals surface area contributed by atoms with Crippen molar-refractivity contribution in [1.29, 1.82) is 0 Å². The molecule has 11 aromatic rings. The molecule has 11 rings (SSSR count). The first-order valence-corrected chi connectivity index (χ1v) is 19.3. The van der Waals surface area contributed by atoms with Crippen molar-refractivity contribution in [2.24, 2.45) is 0 Å². The Bertz CT molecular complexity index is 3150. The van der Waals surface area contributed by atoms with Crippen LogP contribution >= 0.6 is 0 Å². The third-order valence-corrected chi connectivity index (χ3v) is 11.0. The van der Waals surface area contributed by atoms with Gasteiger partial charge in [0.2, 0.25) is 5.89 Å². The Morgan fingerprint density at radius 1 is 0.386 bits per heavy atom. The predicted octanol–water partition coefficient (Wildman–Crippen LogP) is 14.5. The molecular weight excluding hydrogens is 695 g/mol. The molecule has 0 fully saturated rings. The van der Waals surface area contributed by atoms with E-state index in [1.54, 1.807) is 0 Å². The molecule has 4 heteroatoms. The van der Waals surface area contributed by atoms with Gasteiger partial charge < -0.3 is 13.9 Å². The molecule has 0 saturated carbocycles. The third-order valence-electron chi connectivity index (χ3n) is 11.0. The maximum Gasteiger partial charge on any atom is 0.227 e. The van der Waals surface area contributed by atoms with E-state index in [0.29, 0.717) is 5.89 Å². The fourth-order valence-electron chi connectivity index (χ4n) is 8.32. The molecule has 268 valence electrons. The van der Waals surface area contributed by atoms with Crippen LogP contribution in [0.25, 0.3) is 83.1 Å². The van der Waals surface area contributed by atoms with Crippen molar-refractivity contribution in [2.75, 3.05) is 4.90 Å². The maximum atomic E-state index is 6.41. The van der Waals surface area contributed by atoms with Crippen LogP contribution < -0.4 is 4.90 Å². The van der Waals surface area contributed by atoms with E-state index in [1.165, 1.54) is 32.9 Å². The second-order valence-corrected chi connectivity index (χ2v) is 14.4. The lowest BCUT2D eigenvalue weighted by Crippen LogP contribution is -2.10. The number of para-hydroxylation sites is 2. The minimum atomic E-state index is 0.626. The SMILES string of the molecule is c1ccc(-c2ccc(N(c3ccc(-c4cc5oc(-c6ccccc6)nc5c5ccccc45)cc3)c3ccc(-n4c5ccccc5c5ccccc54)cc3)cc2)cc1. The third kappa shape index (κ3) is 5.66. The summed E-state index contributed by atoms with van der Waals surface area (Å²) >= 11 is 0. The summed E-state index contributed by atoms with van der Waals surface area (Å²) < 4.78 is 8.77. The zero-order valence-corrected chi connectivity index (χ0v) is 31.0. The average Bonchev–Trinajstić information content (AvgIpc) is 3.88. The summed E-state index contributed by atoms with van der Waals surface area (Å²) in [5.41, 5.74) is 13.9. The first-order chi connectivity index (χ1) is 28.3. The molecule has 0 unspecified atom stereocenters. The van der Waals surface area contributed by atoms with Crippen molar-refractivity contribution in [3.05, 3.63) is 212 Å². The van der Waals surface area contributed by atoms with Gasteiger partial charge in [0.1, 0.15) is 5.52 Å². The number of fused-ring (bicyclic) bond motifs is 6. The highest BCUT2D eigenvalue weighted by molar-refractivity contribution is 6.11. The van der Waals surface area contributed by atoms with Crippen LogP contribution in [0.5, 0.6) is 0 Å². The van der Waals surface area contributed by atoms with Crippen LogP contribution in [0.1, 0.15) is 0 Å². The van der Waals surface area contributed by atoms with Gasteiger partial charge in [-0.15, -0.1) is 0 Å². The van der Waals surface area contributed by atoms with Gasteiger partial charge in [0, 0.05) is 44.5 Å². The highest BCUT2D eigenvalue weighted by Gasteiger charge is 2.18. The number of hydrogen-bond donors (Lipinski definition) is 0. The van der Waals surface area contributed by atoms with Gasteiger partial charge in [0.05, 0.1) is 11.0 Å². The zero-order chi connectivity index (χ0) is 37.7. The van der Waals surface area contributed by atoms with Crippen molar-refractivity contribution >= 4 is 60.7 Å². The Kier molecular flexibility index (Phi) is 7.78. The van der Waals surface area contributed by atoms with Gasteiger partial charge in [-0.1, -0.05) is 133 Å². The van der Waals surface area contributed by atoms with E-state index in [1.807, 2.05) is 30.3 Å². The van der Waals surface area contributed by atoms with Crippen molar-refractivity contribution in [1.82, 2.24) is 9.55 Å². The van der Waals surface area contributed by atoms with Crippen molar-refractivity contribution in [2.45, 2.75) is 0 Å². The second kappa shape index (κ2) is 13.6. The Balaban J connectivity index is 1.01. The lowest BCUT2D eigenvalue weighted by atomic mass is 9.97. The molecule has 0 amide bonds. The number of hydrogen-bond acceptors (Lipinski definition) is 3. The van der Waals surface area contributed by atoms with Gasteiger partial charge in [0.15, 0.2) is 5.58 Å². The highest BCUT2D eigenvalue weighted by atomic mass is 16.3. The predicted molar refractivity (Wildman–Crippen MR) is 237 cm³/mol. The summed E-state index contributed by atoms with van der Waals surface area (Å²) in [6, 6.07) is 75.2. The molecule has 2 aromatic heterocycles. The Morgan fingerprint density at radius 3 is 1.44 bits per heavy atom. The van der Waals surface area contributed by atoms with E-state index in [9.17, 15) is 0 Å². The lowest BCUT2D eigenvalue weighted by Gasteiger charge is -2.26. The molecule has 0 aliphatic rings. The topological polar surface area (TPSA) is 34.2 Å². The van der Waals surface area contributed by atoms with E-state index in [4.69, 9.17) is 9.40 Å². The van der Waals surface area contributed by atoms with Gasteiger partial charge >= 0.3 is 0 Å². The smallest absolute Gasteiger partial charge is 0.227 e. The fraction of sp³-hybridized carbons (Fsp3) is 0. The minimum Gasteiger partial charge on any atom is -0.436 e. The molecular formula is C53H35N3O. The maximum absolute atomic E-state index is 6.41. The Labute approximate surface area is 330 Å². The van der Waals surface area contributed by atoms with Gasteiger partial charge in [-0.05, 0) is 107 Å². The minimum absolute atomic E-state index is 0.626. The molecule has 4 nitrogen and oxygen atoms in total. The van der Waals surface area contributed by atoms with E-state index in [-0.39, 0.29) is 0 Å². The summed E-state index contributed by atoms with van der Waals surface area (Å²) in [7, 11) is 0. The number of aromatic nitrogens is 2. The van der Waals surface area contributed by atoms with Crippen LogP contribution in [0.15, 0.2) is 217 Å². The molecule has 0 saturated heterocycles. The van der Waals surface area contributed by atoms with E-state index >= 15 is 0 Å². The summed E-state index contributed by atoms with van der Waals surface area (Å²) in [5.74, 6) is 0.626. The molecule has 0 N–H and O–H groups in total. The Hall–Kier alpha value is -7.69. The van der Waals surface area contributed by atoms with Gasteiger partial charge in [0.25, 0.3) is 0 Å². The number of rotatable bonds is 7. The molecule has 0 spiro atoms. The van der Waals surface area contributed by atoms with Crippen molar-refractivity contribution in [3.63, 3.8) is 0 Å². The molecule has 0 atom stereocenters. The fourth-order valence-corrected chi connectivity index (χ4v) is 8.32. The largest absolute Gasteiger partial charge is 0.436 e. The summed E-state index contributed by atoms with van der Waals surface area (Å²) in [6.45, 7) is 0. The molecule has 57 heavy (non-hydrogen) atoms. The number of oxazole rings is 1. The monoisotopic (exact) mass is 729 g/mol. The first-order valence-electron chi connectivity index (χ1n) is 19.3. The second-order valence-electron chi connectivity index (χ2n) is 14.4. The molecule has 0 radical (unpaired) electrons. The summed E-state index contributed by atoms with van der Waals surface area (Å²) in [6.07, 6.45) is 0. The summed E-state index contributed by atoms with van der Waals surface area (Å²) in [4.78, 5) is 7.28. The molecule has 0 bridgehead atoms. The zero-order valence-electron chi connectivity index (χ0n) is 31.0. The van der Waals surface area contributed by atoms with Crippen LogP contribution in [0, 0.1) is 0 Å². The normalized spacial score (nSPS) is 11.5. The molecule has 2 heterocycles. The molecule has 9 aromatic carbocycles. The van der Waals surface area contributed by atoms with Gasteiger partial charge in [-0.25, -0.2) is 4.98 Å². The summed E-state index contributed by atoms with van der Waals surface area (Å²) in [5, 5.41) is 4.72. The number of benzene rings is 9. The first kappa shape index (κ1) is 32.7. The van der Waals surface area contributed by atoms with E-state index < -0.39 is 0 Å². The van der Waals surface area contributed by atoms with Gasteiger partial charge in [-0.2, -0.15) is 0 Å². The van der Waals surface area contributed by atoms with E-state index in [2.05, 4.69) is 191 Å². The average molecular weight is 730 g/mol. The standard InChI is InChI=1S/C53H35N3O/c1-3-13-36(14-4-1)37-23-27-40(28-24-37)55(42-31-33-43(34-32-42)56-49-21-11-9-18-45(49)46-19-10-12-22-50(46)56)41-29-25-38(26-30-41)48-35-51-52(47-20-8-7-17-44(47)48)54-53(57-51)39-15-5-2-6-16-39/h1-35H. The molecule has 0 aliphatic carbocycles. The van der Waals surface area contributed by atoms with Crippen LogP contribution in [0.3, 0.4) is 0 Å². The number of nitrogens with zero attached hydrogens (tertiary/aromatic N) is 3. The van der Waals surface area contributed by atoms with Crippen LogP contribution in [-0.2, 0) is 0 Å². The van der Waals surface area contributed by atoms with Crippen molar-refractivity contribution < 1.29 is 4.42 Å². The van der Waals surface area contributed by atoms with Gasteiger partial charge in [-0.3, -0.25) is 0 Å². The van der Waals surface area contributed by atoms with Crippen LogP contribution in [-0.4, -0.2) is 9.55 Å².